The van der Waals surface area contributed by atoms with Crippen LogP contribution < -0.4 is 9.47 Å². The van der Waals surface area contributed by atoms with E-state index < -0.39 is 18.2 Å². The van der Waals surface area contributed by atoms with Crippen LogP contribution in [0.15, 0.2) is 42.5 Å². The number of benzene rings is 2. The van der Waals surface area contributed by atoms with Crippen LogP contribution in [0.1, 0.15) is 15.9 Å². The highest BCUT2D eigenvalue weighted by Gasteiger charge is 2.13. The van der Waals surface area contributed by atoms with Gasteiger partial charge in [-0.25, -0.2) is 4.39 Å². The normalized spacial score (nSPS) is 11.1. The molecule has 0 amide bonds. The van der Waals surface area contributed by atoms with E-state index >= 15 is 0 Å². The van der Waals surface area contributed by atoms with Gasteiger partial charge in [0.2, 0.25) is 0 Å². The lowest BCUT2D eigenvalue weighted by molar-refractivity contribution is -0.0512. The Morgan fingerprint density at radius 2 is 1.96 bits per heavy atom. The van der Waals surface area contributed by atoms with Crippen molar-refractivity contribution in [1.29, 1.82) is 0 Å². The molecule has 0 aliphatic rings. The van der Waals surface area contributed by atoms with Gasteiger partial charge in [-0.15, -0.1) is 0 Å². The smallest absolute Gasteiger partial charge is 0.387 e. The summed E-state index contributed by atoms with van der Waals surface area (Å²) < 4.78 is 47.4. The van der Waals surface area contributed by atoms with Gasteiger partial charge in [0.25, 0.3) is 0 Å². The van der Waals surface area contributed by atoms with E-state index in [1.807, 2.05) is 0 Å². The highest BCUT2D eigenvalue weighted by atomic mass is 35.5. The zero-order chi connectivity index (χ0) is 17.7. The highest BCUT2D eigenvalue weighted by molar-refractivity contribution is 6.32. The van der Waals surface area contributed by atoms with Crippen molar-refractivity contribution in [1.82, 2.24) is 0 Å². The van der Waals surface area contributed by atoms with Crippen molar-refractivity contribution in [3.63, 3.8) is 0 Å². The second kappa shape index (κ2) is 7.88. The number of halogens is 4. The summed E-state index contributed by atoms with van der Waals surface area (Å²) in [5.74, 6) is -1.25. The fourth-order valence-corrected chi connectivity index (χ4v) is 2.17. The minimum atomic E-state index is -3.01. The first-order valence-corrected chi connectivity index (χ1v) is 7.09. The molecule has 0 aromatic heterocycles. The molecule has 0 N–H and O–H groups in total. The Morgan fingerprint density at radius 3 is 2.58 bits per heavy atom. The Labute approximate surface area is 141 Å². The molecule has 0 aliphatic heterocycles. The van der Waals surface area contributed by atoms with Crippen LogP contribution in [0.5, 0.6) is 11.5 Å². The number of rotatable bonds is 6. The molecule has 2 aromatic rings. The Kier molecular flexibility index (Phi) is 5.87. The number of methoxy groups -OCH3 is 1. The predicted molar refractivity (Wildman–Crippen MR) is 84.4 cm³/mol. The van der Waals surface area contributed by atoms with Crippen molar-refractivity contribution in [3.05, 3.63) is 64.4 Å². The van der Waals surface area contributed by atoms with E-state index in [0.717, 1.165) is 6.08 Å². The lowest BCUT2D eigenvalue weighted by Gasteiger charge is -2.10. The maximum absolute atomic E-state index is 13.6. The third-order valence-corrected chi connectivity index (χ3v) is 3.39. The van der Waals surface area contributed by atoms with Gasteiger partial charge < -0.3 is 9.47 Å². The Bertz CT molecular complexity index is 755. The minimum Gasteiger partial charge on any atom is -0.493 e. The summed E-state index contributed by atoms with van der Waals surface area (Å²) in [6, 6.07) is 7.92. The number of ether oxygens (including phenoxy) is 2. The summed E-state index contributed by atoms with van der Waals surface area (Å²) in [6.45, 7) is -3.01. The average Bonchev–Trinajstić information content (AvgIpc) is 2.54. The Balaban J connectivity index is 2.25. The fourth-order valence-electron chi connectivity index (χ4n) is 1.94. The first-order chi connectivity index (χ1) is 11.4. The molecule has 126 valence electrons. The monoisotopic (exact) mass is 356 g/mol. The van der Waals surface area contributed by atoms with Crippen molar-refractivity contribution < 1.29 is 27.4 Å². The number of carbonyl (C=O) groups excluding carboxylic acids is 1. The number of hydrogen-bond acceptors (Lipinski definition) is 3. The quantitative estimate of drug-likeness (QED) is 0.540. The zero-order valence-electron chi connectivity index (χ0n) is 12.4. The maximum Gasteiger partial charge on any atom is 0.387 e. The van der Waals surface area contributed by atoms with E-state index in [4.69, 9.17) is 16.3 Å². The van der Waals surface area contributed by atoms with Crippen LogP contribution >= 0.6 is 11.6 Å². The third-order valence-electron chi connectivity index (χ3n) is 3.07. The SMILES string of the molecule is COc1cc(C(=O)/C=C/c2c(F)cccc2Cl)ccc1OC(F)F. The molecule has 0 radical (unpaired) electrons. The molecule has 0 atom stereocenters. The molecule has 0 heterocycles. The average molecular weight is 357 g/mol. The van der Waals surface area contributed by atoms with Crippen LogP contribution in [0, 0.1) is 5.82 Å². The first-order valence-electron chi connectivity index (χ1n) is 6.71. The molecule has 0 aliphatic carbocycles. The number of ketones is 1. The van der Waals surface area contributed by atoms with Crippen molar-refractivity contribution in [2.24, 2.45) is 0 Å². The van der Waals surface area contributed by atoms with E-state index in [0.29, 0.717) is 0 Å². The molecule has 0 bridgehead atoms. The standard InChI is InChI=1S/C17H12ClF3O3/c1-23-16-9-10(5-8-15(16)24-17(20)21)14(22)7-6-11-12(18)3-2-4-13(11)19/h2-9,17H,1H3/b7-6+. The van der Waals surface area contributed by atoms with E-state index in [2.05, 4.69) is 4.74 Å². The van der Waals surface area contributed by atoms with E-state index in [9.17, 15) is 18.0 Å². The lowest BCUT2D eigenvalue weighted by atomic mass is 10.1. The lowest BCUT2D eigenvalue weighted by Crippen LogP contribution is -2.04. The van der Waals surface area contributed by atoms with Gasteiger partial charge in [0, 0.05) is 11.1 Å². The summed E-state index contributed by atoms with van der Waals surface area (Å²) in [7, 11) is 1.26. The van der Waals surface area contributed by atoms with Gasteiger partial charge >= 0.3 is 6.61 Å². The van der Waals surface area contributed by atoms with E-state index in [1.54, 1.807) is 0 Å². The highest BCUT2D eigenvalue weighted by Crippen LogP contribution is 2.30. The van der Waals surface area contributed by atoms with Gasteiger partial charge in [-0.05, 0) is 42.5 Å². The molecule has 7 heteroatoms. The Morgan fingerprint density at radius 1 is 1.21 bits per heavy atom. The number of hydrogen-bond donors (Lipinski definition) is 0. The summed E-state index contributed by atoms with van der Waals surface area (Å²) >= 11 is 5.87. The van der Waals surface area contributed by atoms with Crippen molar-refractivity contribution in [2.45, 2.75) is 6.61 Å². The molecule has 0 saturated heterocycles. The van der Waals surface area contributed by atoms with Gasteiger partial charge in [0.15, 0.2) is 17.3 Å². The van der Waals surface area contributed by atoms with E-state index in [1.165, 1.54) is 49.6 Å². The summed E-state index contributed by atoms with van der Waals surface area (Å²) in [5.41, 5.74) is 0.245. The van der Waals surface area contributed by atoms with Crippen LogP contribution in [-0.4, -0.2) is 19.5 Å². The van der Waals surface area contributed by atoms with Crippen LogP contribution in [0.2, 0.25) is 5.02 Å². The summed E-state index contributed by atoms with van der Waals surface area (Å²) in [5, 5.41) is 0.164. The largest absolute Gasteiger partial charge is 0.493 e. The second-order valence-electron chi connectivity index (χ2n) is 4.58. The van der Waals surface area contributed by atoms with E-state index in [-0.39, 0.29) is 27.6 Å². The molecule has 24 heavy (non-hydrogen) atoms. The Hall–Kier alpha value is -2.47. The fraction of sp³-hybridized carbons (Fsp3) is 0.118. The van der Waals surface area contributed by atoms with Crippen molar-refractivity contribution in [3.8, 4) is 11.5 Å². The summed E-state index contributed by atoms with van der Waals surface area (Å²) in [6.07, 6.45) is 2.38. The maximum atomic E-state index is 13.6. The van der Waals surface area contributed by atoms with Gasteiger partial charge in [-0.3, -0.25) is 4.79 Å². The minimum absolute atomic E-state index is 0.0153. The molecule has 0 saturated carbocycles. The molecule has 2 rings (SSSR count). The molecule has 0 fully saturated rings. The molecular weight excluding hydrogens is 345 g/mol. The van der Waals surface area contributed by atoms with Gasteiger partial charge in [-0.2, -0.15) is 8.78 Å². The third kappa shape index (κ3) is 4.29. The zero-order valence-corrected chi connectivity index (χ0v) is 13.2. The molecule has 2 aromatic carbocycles. The predicted octanol–water partition coefficient (Wildman–Crippen LogP) is 4.99. The topological polar surface area (TPSA) is 35.5 Å². The molecular formula is C17H12ClF3O3. The number of allylic oxidation sites excluding steroid dienone is 1. The molecule has 0 spiro atoms. The summed E-state index contributed by atoms with van der Waals surface area (Å²) in [4.78, 5) is 12.1. The van der Waals surface area contributed by atoms with Gasteiger partial charge in [-0.1, -0.05) is 17.7 Å². The number of carbonyl (C=O) groups is 1. The first kappa shape index (κ1) is 17.9. The van der Waals surface area contributed by atoms with Gasteiger partial charge in [0.1, 0.15) is 5.82 Å². The van der Waals surface area contributed by atoms with Crippen LogP contribution in [0.4, 0.5) is 13.2 Å². The van der Waals surface area contributed by atoms with Crippen LogP contribution in [-0.2, 0) is 0 Å². The van der Waals surface area contributed by atoms with Crippen molar-refractivity contribution in [2.75, 3.05) is 7.11 Å². The second-order valence-corrected chi connectivity index (χ2v) is 4.98. The number of alkyl halides is 2. The van der Waals surface area contributed by atoms with Gasteiger partial charge in [0.05, 0.1) is 12.1 Å². The molecule has 3 nitrogen and oxygen atoms in total. The van der Waals surface area contributed by atoms with Crippen molar-refractivity contribution >= 4 is 23.5 Å². The van der Waals surface area contributed by atoms with Crippen LogP contribution in [0.25, 0.3) is 6.08 Å². The molecule has 0 unspecified atom stereocenters. The van der Waals surface area contributed by atoms with Crippen LogP contribution in [0.3, 0.4) is 0 Å².